The van der Waals surface area contributed by atoms with E-state index in [1.54, 1.807) is 48.5 Å². The molecule has 0 unspecified atom stereocenters. The maximum Gasteiger partial charge on any atom is 0.267 e. The summed E-state index contributed by atoms with van der Waals surface area (Å²) >= 11 is 0. The minimum atomic E-state index is -3.75. The molecule has 3 aromatic carbocycles. The van der Waals surface area contributed by atoms with Crippen LogP contribution in [-0.2, 0) is 25.3 Å². The number of nitrogens with one attached hydrogen (secondary N) is 1. The van der Waals surface area contributed by atoms with Crippen molar-refractivity contribution in [1.82, 2.24) is 0 Å². The van der Waals surface area contributed by atoms with Crippen LogP contribution in [0.4, 0.5) is 17.1 Å². The van der Waals surface area contributed by atoms with Gasteiger partial charge in [0, 0.05) is 24.5 Å². The van der Waals surface area contributed by atoms with E-state index in [-0.39, 0.29) is 12.3 Å². The van der Waals surface area contributed by atoms with Crippen molar-refractivity contribution in [3.05, 3.63) is 84.4 Å². The SMILES string of the molecule is O=C(Nc1ccc(N2CCOCC2)cc1)[C@@H]1CN(S(=O)(=O)Cc2ccccc2)c2ccccc2O1. The van der Waals surface area contributed by atoms with Gasteiger partial charge in [0.1, 0.15) is 5.75 Å². The van der Waals surface area contributed by atoms with Crippen LogP contribution in [0.15, 0.2) is 78.9 Å². The fourth-order valence-electron chi connectivity index (χ4n) is 4.26. The predicted octanol–water partition coefficient (Wildman–Crippen LogP) is 3.26. The molecule has 0 aliphatic carbocycles. The number of hydrogen-bond acceptors (Lipinski definition) is 6. The van der Waals surface area contributed by atoms with Gasteiger partial charge in [-0.2, -0.15) is 0 Å². The molecule has 0 spiro atoms. The van der Waals surface area contributed by atoms with Crippen molar-refractivity contribution in [2.45, 2.75) is 11.9 Å². The Hall–Kier alpha value is -3.56. The number of hydrogen-bond donors (Lipinski definition) is 1. The van der Waals surface area contributed by atoms with Gasteiger partial charge in [0.25, 0.3) is 5.91 Å². The third-order valence-corrected chi connectivity index (χ3v) is 7.78. The van der Waals surface area contributed by atoms with Gasteiger partial charge in [-0.1, -0.05) is 42.5 Å². The van der Waals surface area contributed by atoms with E-state index >= 15 is 0 Å². The van der Waals surface area contributed by atoms with Gasteiger partial charge in [0.15, 0.2) is 6.10 Å². The molecule has 8 nitrogen and oxygen atoms in total. The molecule has 0 radical (unpaired) electrons. The molecule has 1 amide bonds. The summed E-state index contributed by atoms with van der Waals surface area (Å²) in [6.45, 7) is 2.94. The molecule has 2 aliphatic rings. The molecule has 0 aromatic heterocycles. The van der Waals surface area contributed by atoms with Gasteiger partial charge in [0.05, 0.1) is 31.2 Å². The maximum absolute atomic E-state index is 13.4. The Balaban J connectivity index is 1.32. The zero-order valence-corrected chi connectivity index (χ0v) is 20.0. The Morgan fingerprint density at radius 1 is 0.914 bits per heavy atom. The Morgan fingerprint density at radius 2 is 1.60 bits per heavy atom. The standard InChI is InChI=1S/C26H27N3O5S/c30-26(27-21-10-12-22(13-11-21)28-14-16-33-17-15-28)25-18-29(23-8-4-5-9-24(23)34-25)35(31,32)19-20-6-2-1-3-7-20/h1-13,25H,14-19H2,(H,27,30)/t25-/m0/s1. The minimum absolute atomic E-state index is 0.107. The molecule has 5 rings (SSSR count). The van der Waals surface area contributed by atoms with Crippen LogP contribution in [0.3, 0.4) is 0 Å². The van der Waals surface area contributed by atoms with Crippen molar-refractivity contribution in [2.75, 3.05) is 47.4 Å². The summed E-state index contributed by atoms with van der Waals surface area (Å²) in [6.07, 6.45) is -0.991. The van der Waals surface area contributed by atoms with E-state index in [4.69, 9.17) is 9.47 Å². The number of ether oxygens (including phenoxy) is 2. The average molecular weight is 494 g/mol. The third-order valence-electron chi connectivity index (χ3n) is 6.07. The van der Waals surface area contributed by atoms with Gasteiger partial charge in [-0.25, -0.2) is 8.42 Å². The van der Waals surface area contributed by atoms with Crippen LogP contribution in [0.5, 0.6) is 5.75 Å². The van der Waals surface area contributed by atoms with Gasteiger partial charge < -0.3 is 19.7 Å². The Kier molecular flexibility index (Phi) is 6.61. The van der Waals surface area contributed by atoms with Gasteiger partial charge >= 0.3 is 0 Å². The summed E-state index contributed by atoms with van der Waals surface area (Å²) in [6, 6.07) is 23.5. The van der Waals surface area contributed by atoms with Crippen LogP contribution in [0.2, 0.25) is 0 Å². The molecule has 2 heterocycles. The number of rotatable bonds is 6. The monoisotopic (exact) mass is 493 g/mol. The van der Waals surface area contributed by atoms with E-state index in [9.17, 15) is 13.2 Å². The van der Waals surface area contributed by atoms with E-state index in [0.717, 1.165) is 18.8 Å². The number of anilines is 3. The zero-order chi connectivity index (χ0) is 24.3. The van der Waals surface area contributed by atoms with E-state index < -0.39 is 22.0 Å². The van der Waals surface area contributed by atoms with E-state index in [0.29, 0.717) is 35.9 Å². The van der Waals surface area contributed by atoms with Crippen LogP contribution < -0.4 is 19.3 Å². The number of morpholine rings is 1. The first kappa shape index (κ1) is 23.2. The normalized spacial score (nSPS) is 17.9. The van der Waals surface area contributed by atoms with Crippen molar-refractivity contribution in [3.63, 3.8) is 0 Å². The lowest BCUT2D eigenvalue weighted by molar-refractivity contribution is -0.122. The lowest BCUT2D eigenvalue weighted by Gasteiger charge is -2.34. The third kappa shape index (κ3) is 5.26. The maximum atomic E-state index is 13.4. The Bertz CT molecular complexity index is 1280. The molecule has 0 saturated carbocycles. The van der Waals surface area contributed by atoms with Gasteiger partial charge in [-0.05, 0) is 42.0 Å². The smallest absolute Gasteiger partial charge is 0.267 e. The summed E-state index contributed by atoms with van der Waals surface area (Å²) in [5.74, 6) is -0.212. The molecule has 2 aliphatic heterocycles. The van der Waals surface area contributed by atoms with Gasteiger partial charge in [-0.3, -0.25) is 9.10 Å². The molecule has 35 heavy (non-hydrogen) atoms. The van der Waals surface area contributed by atoms with E-state index in [1.165, 1.54) is 4.31 Å². The minimum Gasteiger partial charge on any atom is -0.476 e. The molecular weight excluding hydrogens is 466 g/mol. The van der Waals surface area contributed by atoms with Gasteiger partial charge in [0.2, 0.25) is 10.0 Å². The fraction of sp³-hybridized carbons (Fsp3) is 0.269. The first-order chi connectivity index (χ1) is 17.0. The quantitative estimate of drug-likeness (QED) is 0.567. The first-order valence-electron chi connectivity index (χ1n) is 11.5. The van der Waals surface area contributed by atoms with Gasteiger partial charge in [-0.15, -0.1) is 0 Å². The molecule has 1 N–H and O–H groups in total. The second-order valence-electron chi connectivity index (χ2n) is 8.48. The molecule has 1 saturated heterocycles. The number of para-hydroxylation sites is 2. The van der Waals surface area contributed by atoms with Crippen LogP contribution in [0, 0.1) is 0 Å². The first-order valence-corrected chi connectivity index (χ1v) is 13.1. The number of fused-ring (bicyclic) bond motifs is 1. The summed E-state index contributed by atoms with van der Waals surface area (Å²) < 4.78 is 39.3. The summed E-state index contributed by atoms with van der Waals surface area (Å²) in [7, 11) is -3.75. The molecule has 3 aromatic rings. The predicted molar refractivity (Wildman–Crippen MR) is 135 cm³/mol. The largest absolute Gasteiger partial charge is 0.476 e. The van der Waals surface area contributed by atoms with Crippen molar-refractivity contribution in [2.24, 2.45) is 0 Å². The molecule has 182 valence electrons. The Labute approximate surface area is 205 Å². The van der Waals surface area contributed by atoms with Crippen LogP contribution >= 0.6 is 0 Å². The summed E-state index contributed by atoms with van der Waals surface area (Å²) in [5.41, 5.74) is 2.79. The topological polar surface area (TPSA) is 88.2 Å². The highest BCUT2D eigenvalue weighted by atomic mass is 32.2. The summed E-state index contributed by atoms with van der Waals surface area (Å²) in [4.78, 5) is 15.3. The lowest BCUT2D eigenvalue weighted by Crippen LogP contribution is -2.49. The number of nitrogens with zero attached hydrogens (tertiary/aromatic N) is 2. The van der Waals surface area contributed by atoms with Crippen LogP contribution in [-0.4, -0.2) is 53.3 Å². The number of sulfonamides is 1. The van der Waals surface area contributed by atoms with E-state index in [2.05, 4.69) is 10.2 Å². The van der Waals surface area contributed by atoms with E-state index in [1.807, 2.05) is 30.3 Å². The molecule has 1 atom stereocenters. The molecule has 9 heteroatoms. The number of carbonyl (C=O) groups is 1. The number of benzene rings is 3. The van der Waals surface area contributed by atoms with Crippen LogP contribution in [0.25, 0.3) is 0 Å². The second kappa shape index (κ2) is 9.97. The van der Waals surface area contributed by atoms with Crippen molar-refractivity contribution < 1.29 is 22.7 Å². The average Bonchev–Trinajstić information content (AvgIpc) is 2.89. The summed E-state index contributed by atoms with van der Waals surface area (Å²) in [5, 5.41) is 2.87. The fourth-order valence-corrected chi connectivity index (χ4v) is 5.85. The molecular formula is C26H27N3O5S. The number of carbonyl (C=O) groups excluding carboxylic acids is 1. The Morgan fingerprint density at radius 3 is 2.34 bits per heavy atom. The van der Waals surface area contributed by atoms with Crippen molar-refractivity contribution >= 4 is 33.0 Å². The molecule has 1 fully saturated rings. The number of amides is 1. The highest BCUT2D eigenvalue weighted by molar-refractivity contribution is 7.92. The second-order valence-corrected chi connectivity index (χ2v) is 10.4. The van der Waals surface area contributed by atoms with Crippen molar-refractivity contribution in [1.29, 1.82) is 0 Å². The lowest BCUT2D eigenvalue weighted by atomic mass is 10.2. The highest BCUT2D eigenvalue weighted by Crippen LogP contribution is 2.36. The molecule has 0 bridgehead atoms. The zero-order valence-electron chi connectivity index (χ0n) is 19.2. The van der Waals surface area contributed by atoms with Crippen molar-refractivity contribution in [3.8, 4) is 5.75 Å². The van der Waals surface area contributed by atoms with Crippen LogP contribution in [0.1, 0.15) is 5.56 Å². The highest BCUT2D eigenvalue weighted by Gasteiger charge is 2.36.